The quantitative estimate of drug-likeness (QED) is 0.168. The maximum Gasteiger partial charge on any atom is 0.343 e. The monoisotopic (exact) mass is 464 g/mol. The Balaban J connectivity index is 1.39. The summed E-state index contributed by atoms with van der Waals surface area (Å²) < 4.78 is 11.4. The van der Waals surface area contributed by atoms with Gasteiger partial charge in [0, 0.05) is 0 Å². The normalized spacial score (nSPS) is 18.9. The Morgan fingerprint density at radius 3 is 2.21 bits per heavy atom. The van der Waals surface area contributed by atoms with Gasteiger partial charge in [-0.15, -0.1) is 0 Å². The third-order valence-corrected chi connectivity index (χ3v) is 7.50. The Bertz CT molecular complexity index is 832. The van der Waals surface area contributed by atoms with Crippen LogP contribution in [0.2, 0.25) is 0 Å². The number of carbonyl (C=O) groups excluding carboxylic acids is 1. The molecule has 3 rings (SSSR count). The molecular formula is C31H44O3. The van der Waals surface area contributed by atoms with Crippen molar-refractivity contribution < 1.29 is 14.3 Å². The lowest BCUT2D eigenvalue weighted by Crippen LogP contribution is -2.13. The molecule has 0 aliphatic heterocycles. The van der Waals surface area contributed by atoms with Crippen molar-refractivity contribution in [1.29, 1.82) is 0 Å². The van der Waals surface area contributed by atoms with Crippen LogP contribution in [0.15, 0.2) is 48.5 Å². The number of rotatable bonds is 13. The first kappa shape index (κ1) is 26.3. The fourth-order valence-corrected chi connectivity index (χ4v) is 5.02. The molecule has 1 fully saturated rings. The molecule has 0 saturated heterocycles. The molecule has 1 saturated carbocycles. The molecule has 34 heavy (non-hydrogen) atoms. The molecule has 0 spiro atoms. The van der Waals surface area contributed by atoms with E-state index in [0.717, 1.165) is 30.6 Å². The molecule has 186 valence electrons. The summed E-state index contributed by atoms with van der Waals surface area (Å²) in [6, 6.07) is 15.4. The van der Waals surface area contributed by atoms with Crippen LogP contribution in [-0.4, -0.2) is 12.6 Å². The summed E-state index contributed by atoms with van der Waals surface area (Å²) in [7, 11) is 0. The number of hydrogen-bond donors (Lipinski definition) is 0. The van der Waals surface area contributed by atoms with E-state index in [1.54, 1.807) is 12.1 Å². The van der Waals surface area contributed by atoms with E-state index in [2.05, 4.69) is 32.9 Å². The smallest absolute Gasteiger partial charge is 0.343 e. The zero-order valence-electron chi connectivity index (χ0n) is 21.6. The molecule has 0 aromatic heterocycles. The summed E-state index contributed by atoms with van der Waals surface area (Å²) in [4.78, 5) is 12.6. The Morgan fingerprint density at radius 1 is 0.882 bits per heavy atom. The van der Waals surface area contributed by atoms with E-state index in [4.69, 9.17) is 9.47 Å². The Hall–Kier alpha value is -2.29. The predicted octanol–water partition coefficient (Wildman–Crippen LogP) is 8.97. The molecule has 1 unspecified atom stereocenters. The number of esters is 1. The highest BCUT2D eigenvalue weighted by Gasteiger charge is 2.22. The van der Waals surface area contributed by atoms with Crippen molar-refractivity contribution in [3.8, 4) is 11.5 Å². The lowest BCUT2D eigenvalue weighted by Gasteiger charge is -2.28. The van der Waals surface area contributed by atoms with Gasteiger partial charge in [0.15, 0.2) is 0 Å². The van der Waals surface area contributed by atoms with E-state index < -0.39 is 0 Å². The Kier molecular flexibility index (Phi) is 11.0. The Labute approximate surface area is 207 Å². The summed E-state index contributed by atoms with van der Waals surface area (Å²) in [5.41, 5.74) is 1.91. The van der Waals surface area contributed by atoms with E-state index >= 15 is 0 Å². The standard InChI is InChI=1S/C31H44O3/c1-4-9-25-11-13-26(14-12-25)27-15-21-30(22-16-27)34-31(32)28-17-19-29(20-18-28)33-23-8-6-7-10-24(3)5-2/h15-22,24-26H,4-14,23H2,1-3H3. The van der Waals surface area contributed by atoms with Crippen molar-refractivity contribution in [2.45, 2.75) is 97.3 Å². The van der Waals surface area contributed by atoms with E-state index in [0.29, 0.717) is 17.2 Å². The largest absolute Gasteiger partial charge is 0.494 e. The molecule has 0 amide bonds. The van der Waals surface area contributed by atoms with Crippen LogP contribution in [0, 0.1) is 11.8 Å². The van der Waals surface area contributed by atoms with Crippen molar-refractivity contribution in [2.24, 2.45) is 11.8 Å². The van der Waals surface area contributed by atoms with Gasteiger partial charge in [0.05, 0.1) is 12.2 Å². The molecule has 1 atom stereocenters. The van der Waals surface area contributed by atoms with Crippen LogP contribution in [0.25, 0.3) is 0 Å². The molecular weight excluding hydrogens is 420 g/mol. The van der Waals surface area contributed by atoms with Crippen LogP contribution in [0.3, 0.4) is 0 Å². The minimum atomic E-state index is -0.329. The molecule has 1 aliphatic carbocycles. The minimum absolute atomic E-state index is 0.329. The van der Waals surface area contributed by atoms with Crippen LogP contribution in [0.4, 0.5) is 0 Å². The maximum atomic E-state index is 12.6. The van der Waals surface area contributed by atoms with Gasteiger partial charge in [0.2, 0.25) is 0 Å². The van der Waals surface area contributed by atoms with E-state index in [1.165, 1.54) is 69.8 Å². The van der Waals surface area contributed by atoms with Crippen molar-refractivity contribution in [2.75, 3.05) is 6.61 Å². The van der Waals surface area contributed by atoms with E-state index in [1.807, 2.05) is 24.3 Å². The number of benzene rings is 2. The average Bonchev–Trinajstić information content (AvgIpc) is 2.87. The van der Waals surface area contributed by atoms with Crippen molar-refractivity contribution in [1.82, 2.24) is 0 Å². The average molecular weight is 465 g/mol. The second-order valence-corrected chi connectivity index (χ2v) is 10.2. The first-order valence-electron chi connectivity index (χ1n) is 13.6. The van der Waals surface area contributed by atoms with E-state index in [9.17, 15) is 4.79 Å². The predicted molar refractivity (Wildman–Crippen MR) is 141 cm³/mol. The molecule has 0 bridgehead atoms. The highest BCUT2D eigenvalue weighted by Crippen LogP contribution is 2.37. The highest BCUT2D eigenvalue weighted by atomic mass is 16.5. The number of carbonyl (C=O) groups is 1. The van der Waals surface area contributed by atoms with Crippen molar-refractivity contribution in [3.63, 3.8) is 0 Å². The number of ether oxygens (including phenoxy) is 2. The molecule has 3 nitrogen and oxygen atoms in total. The van der Waals surface area contributed by atoms with Gasteiger partial charge in [-0.1, -0.05) is 71.4 Å². The topological polar surface area (TPSA) is 35.5 Å². The first-order chi connectivity index (χ1) is 16.6. The van der Waals surface area contributed by atoms with Crippen LogP contribution in [0.1, 0.15) is 113 Å². The minimum Gasteiger partial charge on any atom is -0.494 e. The molecule has 3 heteroatoms. The molecule has 2 aromatic rings. The van der Waals surface area contributed by atoms with Crippen molar-refractivity contribution in [3.05, 3.63) is 59.7 Å². The second kappa shape index (κ2) is 14.2. The lowest BCUT2D eigenvalue weighted by atomic mass is 9.77. The van der Waals surface area contributed by atoms with Crippen LogP contribution < -0.4 is 9.47 Å². The molecule has 2 aromatic carbocycles. The van der Waals surface area contributed by atoms with E-state index in [-0.39, 0.29) is 5.97 Å². The summed E-state index contributed by atoms with van der Waals surface area (Å²) in [6.07, 6.45) is 14.0. The summed E-state index contributed by atoms with van der Waals surface area (Å²) in [5, 5.41) is 0. The van der Waals surface area contributed by atoms with Crippen LogP contribution >= 0.6 is 0 Å². The lowest BCUT2D eigenvalue weighted by molar-refractivity contribution is 0.0734. The number of hydrogen-bond acceptors (Lipinski definition) is 3. The SMILES string of the molecule is CCCC1CCC(c2ccc(OC(=O)c3ccc(OCCCCCC(C)CC)cc3)cc2)CC1. The maximum absolute atomic E-state index is 12.6. The summed E-state index contributed by atoms with van der Waals surface area (Å²) in [5.74, 6) is 3.46. The van der Waals surface area contributed by atoms with Crippen molar-refractivity contribution >= 4 is 5.97 Å². The molecule has 0 heterocycles. The second-order valence-electron chi connectivity index (χ2n) is 10.2. The third-order valence-electron chi connectivity index (χ3n) is 7.50. The van der Waals surface area contributed by atoms with Gasteiger partial charge in [-0.2, -0.15) is 0 Å². The summed E-state index contributed by atoms with van der Waals surface area (Å²) >= 11 is 0. The third kappa shape index (κ3) is 8.49. The fraction of sp³-hybridized carbons (Fsp3) is 0.581. The molecule has 0 radical (unpaired) electrons. The van der Waals surface area contributed by atoms with Gasteiger partial charge in [-0.25, -0.2) is 4.79 Å². The van der Waals surface area contributed by atoms with Crippen LogP contribution in [0.5, 0.6) is 11.5 Å². The van der Waals surface area contributed by atoms with Gasteiger partial charge in [0.1, 0.15) is 11.5 Å². The highest BCUT2D eigenvalue weighted by molar-refractivity contribution is 5.91. The Morgan fingerprint density at radius 2 is 1.56 bits per heavy atom. The van der Waals surface area contributed by atoms with Gasteiger partial charge < -0.3 is 9.47 Å². The number of unbranched alkanes of at least 4 members (excludes halogenated alkanes) is 2. The fourth-order valence-electron chi connectivity index (χ4n) is 5.02. The van der Waals surface area contributed by atoms with Gasteiger partial charge in [-0.05, 0) is 91.8 Å². The van der Waals surface area contributed by atoms with Gasteiger partial charge in [-0.3, -0.25) is 0 Å². The summed E-state index contributed by atoms with van der Waals surface area (Å²) in [6.45, 7) is 7.57. The van der Waals surface area contributed by atoms with Gasteiger partial charge in [0.25, 0.3) is 0 Å². The molecule has 1 aliphatic rings. The van der Waals surface area contributed by atoms with Gasteiger partial charge >= 0.3 is 5.97 Å². The molecule has 0 N–H and O–H groups in total. The van der Waals surface area contributed by atoms with Crippen LogP contribution in [-0.2, 0) is 0 Å². The zero-order chi connectivity index (χ0) is 24.2. The first-order valence-corrected chi connectivity index (χ1v) is 13.6. The zero-order valence-corrected chi connectivity index (χ0v) is 21.6.